The summed E-state index contributed by atoms with van der Waals surface area (Å²) in [5.41, 5.74) is 0. The second-order valence-electron chi connectivity index (χ2n) is 3.50. The highest BCUT2D eigenvalue weighted by molar-refractivity contribution is 9.10. The lowest BCUT2D eigenvalue weighted by atomic mass is 10.2. The van der Waals surface area contributed by atoms with Gasteiger partial charge in [-0.05, 0) is 42.3 Å². The topological polar surface area (TPSA) is 16.1 Å². The molecule has 0 spiro atoms. The fraction of sp³-hybridized carbons (Fsp3) is 0.545. The van der Waals surface area contributed by atoms with Gasteiger partial charge < -0.3 is 4.90 Å². The highest BCUT2D eigenvalue weighted by Gasteiger charge is 2.16. The standard InChI is InChI=1S/C11H16BrFN2/c1-4-8(3)15(5-2)11-10(13)6-9(12)7-14-11/h6-8H,4-5H2,1-3H3. The Morgan fingerprint density at radius 1 is 1.53 bits per heavy atom. The van der Waals surface area contributed by atoms with Gasteiger partial charge in [-0.3, -0.25) is 0 Å². The minimum Gasteiger partial charge on any atom is -0.352 e. The number of nitrogens with zero attached hydrogens (tertiary/aromatic N) is 2. The minimum absolute atomic E-state index is 0.272. The SMILES string of the molecule is CCC(C)N(CC)c1ncc(Br)cc1F. The molecular formula is C11H16BrFN2. The third-order valence-electron chi connectivity index (χ3n) is 2.52. The molecule has 0 N–H and O–H groups in total. The van der Waals surface area contributed by atoms with Crippen LogP contribution in [-0.2, 0) is 0 Å². The number of aromatic nitrogens is 1. The van der Waals surface area contributed by atoms with Crippen LogP contribution in [0.15, 0.2) is 16.7 Å². The Morgan fingerprint density at radius 3 is 2.67 bits per heavy atom. The first kappa shape index (κ1) is 12.4. The third-order valence-corrected chi connectivity index (χ3v) is 2.96. The Balaban J connectivity index is 3.01. The van der Waals surface area contributed by atoms with Crippen LogP contribution in [0.5, 0.6) is 0 Å². The number of anilines is 1. The van der Waals surface area contributed by atoms with E-state index >= 15 is 0 Å². The zero-order chi connectivity index (χ0) is 11.4. The monoisotopic (exact) mass is 274 g/mol. The molecular weight excluding hydrogens is 259 g/mol. The van der Waals surface area contributed by atoms with Crippen LogP contribution in [0.1, 0.15) is 27.2 Å². The minimum atomic E-state index is -0.272. The van der Waals surface area contributed by atoms with Crippen molar-refractivity contribution < 1.29 is 4.39 Å². The highest BCUT2D eigenvalue weighted by Crippen LogP contribution is 2.22. The van der Waals surface area contributed by atoms with E-state index in [2.05, 4.69) is 34.8 Å². The summed E-state index contributed by atoms with van der Waals surface area (Å²) < 4.78 is 14.3. The fourth-order valence-electron chi connectivity index (χ4n) is 1.51. The summed E-state index contributed by atoms with van der Waals surface area (Å²) in [5.74, 6) is 0.168. The number of halogens is 2. The number of hydrogen-bond acceptors (Lipinski definition) is 2. The van der Waals surface area contributed by atoms with Crippen LogP contribution in [0.3, 0.4) is 0 Å². The molecule has 0 aromatic carbocycles. The van der Waals surface area contributed by atoms with E-state index in [0.717, 1.165) is 13.0 Å². The van der Waals surface area contributed by atoms with Crippen LogP contribution in [0, 0.1) is 5.82 Å². The highest BCUT2D eigenvalue weighted by atomic mass is 79.9. The van der Waals surface area contributed by atoms with E-state index in [9.17, 15) is 4.39 Å². The lowest BCUT2D eigenvalue weighted by Gasteiger charge is -2.28. The zero-order valence-electron chi connectivity index (χ0n) is 9.30. The van der Waals surface area contributed by atoms with Crippen molar-refractivity contribution in [2.24, 2.45) is 0 Å². The number of hydrogen-bond donors (Lipinski definition) is 0. The molecule has 2 nitrogen and oxygen atoms in total. The van der Waals surface area contributed by atoms with Gasteiger partial charge in [0.15, 0.2) is 11.6 Å². The van der Waals surface area contributed by atoms with E-state index in [1.54, 1.807) is 6.20 Å². The van der Waals surface area contributed by atoms with E-state index < -0.39 is 0 Å². The average molecular weight is 275 g/mol. The molecule has 1 aromatic heterocycles. The van der Waals surface area contributed by atoms with E-state index in [0.29, 0.717) is 16.3 Å². The molecule has 0 aliphatic heterocycles. The van der Waals surface area contributed by atoms with Crippen LogP contribution in [0.25, 0.3) is 0 Å². The molecule has 0 aliphatic rings. The van der Waals surface area contributed by atoms with Gasteiger partial charge in [0.05, 0.1) is 0 Å². The molecule has 4 heteroatoms. The maximum absolute atomic E-state index is 13.7. The number of pyridine rings is 1. The molecule has 0 saturated carbocycles. The Bertz CT molecular complexity index is 330. The van der Waals surface area contributed by atoms with Crippen molar-refractivity contribution in [2.75, 3.05) is 11.4 Å². The average Bonchev–Trinajstić information content (AvgIpc) is 2.21. The zero-order valence-corrected chi connectivity index (χ0v) is 10.9. The van der Waals surface area contributed by atoms with E-state index in [-0.39, 0.29) is 5.82 Å². The van der Waals surface area contributed by atoms with E-state index in [4.69, 9.17) is 0 Å². The van der Waals surface area contributed by atoms with Crippen LogP contribution in [-0.4, -0.2) is 17.6 Å². The van der Waals surface area contributed by atoms with Crippen molar-refractivity contribution in [1.82, 2.24) is 4.98 Å². The molecule has 1 rings (SSSR count). The van der Waals surface area contributed by atoms with Crippen LogP contribution in [0.2, 0.25) is 0 Å². The summed E-state index contributed by atoms with van der Waals surface area (Å²) in [4.78, 5) is 6.10. The molecule has 1 heterocycles. The Kier molecular flexibility index (Phi) is 4.51. The van der Waals surface area contributed by atoms with Crippen molar-refractivity contribution in [3.05, 3.63) is 22.6 Å². The van der Waals surface area contributed by atoms with E-state index in [1.165, 1.54) is 6.07 Å². The lowest BCUT2D eigenvalue weighted by Crippen LogP contribution is -2.33. The van der Waals surface area contributed by atoms with Crippen LogP contribution < -0.4 is 4.90 Å². The van der Waals surface area contributed by atoms with Gasteiger partial charge in [0, 0.05) is 23.3 Å². The molecule has 1 unspecified atom stereocenters. The smallest absolute Gasteiger partial charge is 0.166 e. The molecule has 1 aromatic rings. The second-order valence-corrected chi connectivity index (χ2v) is 4.42. The molecule has 0 saturated heterocycles. The normalized spacial score (nSPS) is 12.6. The van der Waals surface area contributed by atoms with Gasteiger partial charge in [-0.2, -0.15) is 0 Å². The lowest BCUT2D eigenvalue weighted by molar-refractivity contribution is 0.573. The van der Waals surface area contributed by atoms with Gasteiger partial charge >= 0.3 is 0 Å². The molecule has 0 bridgehead atoms. The maximum atomic E-state index is 13.7. The summed E-state index contributed by atoms with van der Waals surface area (Å²) in [6, 6.07) is 1.76. The quantitative estimate of drug-likeness (QED) is 0.834. The van der Waals surface area contributed by atoms with Gasteiger partial charge in [0.1, 0.15) is 0 Å². The van der Waals surface area contributed by atoms with Gasteiger partial charge in [-0.15, -0.1) is 0 Å². The van der Waals surface area contributed by atoms with Gasteiger partial charge in [0.25, 0.3) is 0 Å². The first-order chi connectivity index (χ1) is 7.10. The van der Waals surface area contributed by atoms with Gasteiger partial charge in [0.2, 0.25) is 0 Å². The van der Waals surface area contributed by atoms with Crippen LogP contribution in [0.4, 0.5) is 10.2 Å². The Hall–Kier alpha value is -0.640. The largest absolute Gasteiger partial charge is 0.352 e. The predicted octanol–water partition coefficient (Wildman–Crippen LogP) is 3.61. The van der Waals surface area contributed by atoms with Crippen molar-refractivity contribution in [3.63, 3.8) is 0 Å². The molecule has 0 aliphatic carbocycles. The van der Waals surface area contributed by atoms with Crippen molar-refractivity contribution in [2.45, 2.75) is 33.2 Å². The van der Waals surface area contributed by atoms with Crippen LogP contribution >= 0.6 is 15.9 Å². The van der Waals surface area contributed by atoms with Crippen molar-refractivity contribution in [3.8, 4) is 0 Å². The molecule has 84 valence electrons. The first-order valence-electron chi connectivity index (χ1n) is 5.17. The Labute approximate surface area is 98.6 Å². The summed E-state index contributed by atoms with van der Waals surface area (Å²) >= 11 is 3.20. The number of rotatable bonds is 4. The molecule has 15 heavy (non-hydrogen) atoms. The fourth-order valence-corrected chi connectivity index (χ4v) is 1.81. The molecule has 1 atom stereocenters. The molecule has 0 amide bonds. The van der Waals surface area contributed by atoms with Gasteiger partial charge in [-0.25, -0.2) is 9.37 Å². The summed E-state index contributed by atoms with van der Waals surface area (Å²) in [7, 11) is 0. The van der Waals surface area contributed by atoms with Crippen molar-refractivity contribution in [1.29, 1.82) is 0 Å². The molecule has 0 fully saturated rings. The Morgan fingerprint density at radius 2 is 2.20 bits per heavy atom. The molecule has 0 radical (unpaired) electrons. The van der Waals surface area contributed by atoms with Gasteiger partial charge in [-0.1, -0.05) is 6.92 Å². The predicted molar refractivity (Wildman–Crippen MR) is 64.7 cm³/mol. The third kappa shape index (κ3) is 2.91. The second kappa shape index (κ2) is 5.45. The maximum Gasteiger partial charge on any atom is 0.166 e. The van der Waals surface area contributed by atoms with Crippen molar-refractivity contribution >= 4 is 21.7 Å². The summed E-state index contributed by atoms with van der Waals surface area (Å²) in [6.07, 6.45) is 2.61. The first-order valence-corrected chi connectivity index (χ1v) is 5.97. The summed E-state index contributed by atoms with van der Waals surface area (Å²) in [5, 5.41) is 0. The summed E-state index contributed by atoms with van der Waals surface area (Å²) in [6.45, 7) is 6.94. The van der Waals surface area contributed by atoms with E-state index in [1.807, 2.05) is 11.8 Å².